The highest BCUT2D eigenvalue weighted by molar-refractivity contribution is 5.97. The van der Waals surface area contributed by atoms with E-state index in [4.69, 9.17) is 9.47 Å². The van der Waals surface area contributed by atoms with Crippen molar-refractivity contribution in [3.05, 3.63) is 113 Å². The maximum atomic E-state index is 13.4. The first-order valence-corrected chi connectivity index (χ1v) is 14.5. The standard InChI is InChI=1S/C35H34N2O3/c1-3-19-36(20-4-2)25-15-17-29-33(23-25)39-32-18-16-26(37-21-9-11-24-10-5-8-14-31(24)37)22-30(32)35(29)28-13-7-6-12-27(28)34(38)40-35/h5-8,10,12-18,22-23H,3-4,9,11,19-21H2,1-2H3. The fourth-order valence-corrected chi connectivity index (χ4v) is 6.73. The Morgan fingerprint density at radius 2 is 1.62 bits per heavy atom. The molecule has 5 heteroatoms. The second kappa shape index (κ2) is 9.74. The molecule has 0 radical (unpaired) electrons. The molecular weight excluding hydrogens is 496 g/mol. The quantitative estimate of drug-likeness (QED) is 0.237. The molecule has 0 amide bonds. The summed E-state index contributed by atoms with van der Waals surface area (Å²) >= 11 is 0. The number of aryl methyl sites for hydroxylation is 1. The van der Waals surface area contributed by atoms with Crippen LogP contribution in [0.2, 0.25) is 0 Å². The van der Waals surface area contributed by atoms with E-state index in [0.29, 0.717) is 5.56 Å². The maximum absolute atomic E-state index is 13.4. The molecule has 0 fully saturated rings. The lowest BCUT2D eigenvalue weighted by molar-refractivity contribution is 0.0224. The Labute approximate surface area is 236 Å². The van der Waals surface area contributed by atoms with Gasteiger partial charge in [-0.25, -0.2) is 4.79 Å². The molecule has 4 aromatic rings. The van der Waals surface area contributed by atoms with Crippen LogP contribution in [-0.4, -0.2) is 25.6 Å². The lowest BCUT2D eigenvalue weighted by Crippen LogP contribution is -2.34. The van der Waals surface area contributed by atoms with E-state index < -0.39 is 5.60 Å². The highest BCUT2D eigenvalue weighted by Gasteiger charge is 2.53. The maximum Gasteiger partial charge on any atom is 0.340 e. The largest absolute Gasteiger partial charge is 0.456 e. The summed E-state index contributed by atoms with van der Waals surface area (Å²) in [6, 6.07) is 29.1. The topological polar surface area (TPSA) is 42.0 Å². The first kappa shape index (κ1) is 24.8. The first-order chi connectivity index (χ1) is 19.6. The van der Waals surface area contributed by atoms with Crippen molar-refractivity contribution >= 4 is 23.0 Å². The summed E-state index contributed by atoms with van der Waals surface area (Å²) in [4.78, 5) is 18.1. The van der Waals surface area contributed by atoms with Gasteiger partial charge < -0.3 is 19.3 Å². The van der Waals surface area contributed by atoms with Crippen LogP contribution in [0, 0.1) is 0 Å². The second-order valence-electron chi connectivity index (χ2n) is 11.0. The third kappa shape index (κ3) is 3.71. The number of fused-ring (bicyclic) bond motifs is 7. The summed E-state index contributed by atoms with van der Waals surface area (Å²) in [5.74, 6) is 1.16. The van der Waals surface area contributed by atoms with E-state index in [1.54, 1.807) is 0 Å². The Morgan fingerprint density at radius 3 is 2.48 bits per heavy atom. The molecule has 4 aromatic carbocycles. The van der Waals surface area contributed by atoms with E-state index in [1.807, 2.05) is 30.3 Å². The van der Waals surface area contributed by atoms with E-state index in [9.17, 15) is 4.79 Å². The van der Waals surface area contributed by atoms with Crippen molar-refractivity contribution in [2.75, 3.05) is 29.4 Å². The van der Waals surface area contributed by atoms with Gasteiger partial charge in [-0.05, 0) is 73.7 Å². The number of carbonyl (C=O) groups is 1. The van der Waals surface area contributed by atoms with Gasteiger partial charge in [-0.15, -0.1) is 0 Å². The highest BCUT2D eigenvalue weighted by Crippen LogP contribution is 2.57. The number of esters is 1. The number of hydrogen-bond donors (Lipinski definition) is 0. The van der Waals surface area contributed by atoms with Gasteiger partial charge in [0.1, 0.15) is 11.5 Å². The van der Waals surface area contributed by atoms with Crippen LogP contribution in [0.25, 0.3) is 0 Å². The van der Waals surface area contributed by atoms with E-state index >= 15 is 0 Å². The summed E-state index contributed by atoms with van der Waals surface area (Å²) < 4.78 is 13.1. The molecule has 7 rings (SSSR count). The van der Waals surface area contributed by atoms with Gasteiger partial charge in [-0.1, -0.05) is 50.2 Å². The van der Waals surface area contributed by atoms with Gasteiger partial charge in [-0.2, -0.15) is 0 Å². The Balaban J connectivity index is 1.41. The van der Waals surface area contributed by atoms with Crippen molar-refractivity contribution in [2.45, 2.75) is 45.1 Å². The minimum absolute atomic E-state index is 0.300. The van der Waals surface area contributed by atoms with Crippen LogP contribution >= 0.6 is 0 Å². The third-order valence-electron chi connectivity index (χ3n) is 8.45. The lowest BCUT2D eigenvalue weighted by Gasteiger charge is -2.38. The van der Waals surface area contributed by atoms with Crippen LogP contribution < -0.4 is 14.5 Å². The Hall–Kier alpha value is -4.25. The third-order valence-corrected chi connectivity index (χ3v) is 8.45. The molecule has 1 atom stereocenters. The minimum atomic E-state index is -1.07. The number of carbonyl (C=O) groups excluding carboxylic acids is 1. The average molecular weight is 531 g/mol. The predicted molar refractivity (Wildman–Crippen MR) is 159 cm³/mol. The zero-order valence-corrected chi connectivity index (χ0v) is 23.2. The molecular formula is C35H34N2O3. The van der Waals surface area contributed by atoms with E-state index in [0.717, 1.165) is 84.9 Å². The zero-order valence-electron chi connectivity index (χ0n) is 23.2. The molecule has 1 spiro atoms. The van der Waals surface area contributed by atoms with Gasteiger partial charge in [0.2, 0.25) is 0 Å². The van der Waals surface area contributed by atoms with Crippen molar-refractivity contribution < 1.29 is 14.3 Å². The van der Waals surface area contributed by atoms with Gasteiger partial charge in [0.05, 0.1) is 5.56 Å². The van der Waals surface area contributed by atoms with Crippen LogP contribution in [0.5, 0.6) is 11.5 Å². The molecule has 3 aliphatic heterocycles. The lowest BCUT2D eigenvalue weighted by atomic mass is 9.77. The minimum Gasteiger partial charge on any atom is -0.456 e. The molecule has 0 aliphatic carbocycles. The SMILES string of the molecule is CCCN(CCC)c1ccc2c(c1)Oc1ccc(N3CCCc4ccccc43)cc1C21OC(=O)c2ccccc21. The van der Waals surface area contributed by atoms with Crippen molar-refractivity contribution in [1.29, 1.82) is 0 Å². The first-order valence-electron chi connectivity index (χ1n) is 14.5. The fourth-order valence-electron chi connectivity index (χ4n) is 6.73. The Kier molecular flexibility index (Phi) is 6.03. The molecule has 202 valence electrons. The molecule has 0 N–H and O–H groups in total. The summed E-state index contributed by atoms with van der Waals surface area (Å²) in [5, 5.41) is 0. The van der Waals surface area contributed by atoms with Crippen molar-refractivity contribution in [1.82, 2.24) is 0 Å². The van der Waals surface area contributed by atoms with Crippen LogP contribution in [0.15, 0.2) is 84.9 Å². The molecule has 0 saturated carbocycles. The number of rotatable bonds is 6. The van der Waals surface area contributed by atoms with E-state index in [2.05, 4.69) is 78.2 Å². The molecule has 3 aliphatic rings. The summed E-state index contributed by atoms with van der Waals surface area (Å²) in [5.41, 5.74) is 6.94. The number of anilines is 3. The van der Waals surface area contributed by atoms with Gasteiger partial charge in [0.25, 0.3) is 0 Å². The van der Waals surface area contributed by atoms with Crippen LogP contribution in [0.1, 0.15) is 65.7 Å². The molecule has 40 heavy (non-hydrogen) atoms. The molecule has 0 bridgehead atoms. The fraction of sp³-hybridized carbons (Fsp3) is 0.286. The van der Waals surface area contributed by atoms with Crippen LogP contribution in [-0.2, 0) is 16.8 Å². The highest BCUT2D eigenvalue weighted by atomic mass is 16.6. The Morgan fingerprint density at radius 1 is 0.825 bits per heavy atom. The molecule has 0 aromatic heterocycles. The average Bonchev–Trinajstić information content (AvgIpc) is 3.29. The van der Waals surface area contributed by atoms with Gasteiger partial charge in [0.15, 0.2) is 5.60 Å². The summed E-state index contributed by atoms with van der Waals surface area (Å²) in [7, 11) is 0. The Bertz CT molecular complexity index is 1610. The smallest absolute Gasteiger partial charge is 0.340 e. The summed E-state index contributed by atoms with van der Waals surface area (Å²) in [6.45, 7) is 7.30. The van der Waals surface area contributed by atoms with Gasteiger partial charge in [-0.3, -0.25) is 0 Å². The zero-order chi connectivity index (χ0) is 27.3. The number of hydrogen-bond acceptors (Lipinski definition) is 5. The molecule has 1 unspecified atom stereocenters. The second-order valence-corrected chi connectivity index (χ2v) is 11.0. The number of ether oxygens (including phenoxy) is 2. The van der Waals surface area contributed by atoms with Crippen molar-refractivity contribution in [3.63, 3.8) is 0 Å². The van der Waals surface area contributed by atoms with E-state index in [-0.39, 0.29) is 5.97 Å². The monoisotopic (exact) mass is 530 g/mol. The van der Waals surface area contributed by atoms with Crippen molar-refractivity contribution in [3.8, 4) is 11.5 Å². The summed E-state index contributed by atoms with van der Waals surface area (Å²) in [6.07, 6.45) is 4.31. The molecule has 0 saturated heterocycles. The van der Waals surface area contributed by atoms with Crippen molar-refractivity contribution in [2.24, 2.45) is 0 Å². The van der Waals surface area contributed by atoms with Crippen LogP contribution in [0.4, 0.5) is 17.1 Å². The molecule has 5 nitrogen and oxygen atoms in total. The normalized spacial score (nSPS) is 18.4. The number of benzene rings is 4. The van der Waals surface area contributed by atoms with Gasteiger partial charge >= 0.3 is 5.97 Å². The predicted octanol–water partition coefficient (Wildman–Crippen LogP) is 7.97. The number of nitrogens with zero attached hydrogens (tertiary/aromatic N) is 2. The molecule has 3 heterocycles. The van der Waals surface area contributed by atoms with Gasteiger partial charge in [0, 0.05) is 59.5 Å². The van der Waals surface area contributed by atoms with Crippen LogP contribution in [0.3, 0.4) is 0 Å². The van der Waals surface area contributed by atoms with E-state index in [1.165, 1.54) is 11.3 Å². The number of para-hydroxylation sites is 1.